The zero-order valence-electron chi connectivity index (χ0n) is 11.7. The summed E-state index contributed by atoms with van der Waals surface area (Å²) >= 11 is 5.37. The lowest BCUT2D eigenvalue weighted by Gasteiger charge is -2.10. The molecule has 1 heterocycles. The van der Waals surface area contributed by atoms with Crippen LogP contribution >= 0.6 is 12.2 Å². The highest BCUT2D eigenvalue weighted by Crippen LogP contribution is 2.29. The van der Waals surface area contributed by atoms with Gasteiger partial charge in [-0.25, -0.2) is 0 Å². The Morgan fingerprint density at radius 1 is 1.20 bits per heavy atom. The molecule has 0 bridgehead atoms. The topological polar surface area (TPSA) is 33.6 Å². The maximum atomic E-state index is 5.37. The van der Waals surface area contributed by atoms with Gasteiger partial charge in [0.1, 0.15) is 0 Å². The standard InChI is InChI=1S/C16H21N3S/c20-16-18-17-15(14-10-2-1-3-11-14)19(16)12-6-9-13-7-4-5-8-13/h1-3,10-11,13H,4-9,12H2,(H,18,20). The lowest BCUT2D eigenvalue weighted by atomic mass is 10.0. The molecule has 3 rings (SSSR count). The summed E-state index contributed by atoms with van der Waals surface area (Å²) in [7, 11) is 0. The van der Waals surface area contributed by atoms with Crippen LogP contribution in [-0.4, -0.2) is 14.8 Å². The molecule has 0 amide bonds. The molecule has 1 aromatic carbocycles. The van der Waals surface area contributed by atoms with Crippen molar-refractivity contribution in [3.63, 3.8) is 0 Å². The van der Waals surface area contributed by atoms with Gasteiger partial charge in [0.25, 0.3) is 0 Å². The van der Waals surface area contributed by atoms with Crippen LogP contribution in [0.5, 0.6) is 0 Å². The number of aromatic nitrogens is 3. The van der Waals surface area contributed by atoms with Crippen LogP contribution in [0.3, 0.4) is 0 Å². The minimum absolute atomic E-state index is 0.732. The molecule has 4 heteroatoms. The van der Waals surface area contributed by atoms with Crippen LogP contribution in [0.4, 0.5) is 0 Å². The second-order valence-electron chi connectivity index (χ2n) is 5.66. The molecule has 1 aliphatic carbocycles. The van der Waals surface area contributed by atoms with E-state index in [4.69, 9.17) is 12.2 Å². The van der Waals surface area contributed by atoms with Crippen LogP contribution in [0.2, 0.25) is 0 Å². The third-order valence-electron chi connectivity index (χ3n) is 4.26. The fraction of sp³-hybridized carbons (Fsp3) is 0.500. The summed E-state index contributed by atoms with van der Waals surface area (Å²) in [6, 6.07) is 10.3. The zero-order chi connectivity index (χ0) is 13.8. The van der Waals surface area contributed by atoms with Crippen LogP contribution in [0.25, 0.3) is 11.4 Å². The minimum atomic E-state index is 0.732. The number of aromatic amines is 1. The van der Waals surface area contributed by atoms with Crippen LogP contribution in [0.15, 0.2) is 30.3 Å². The van der Waals surface area contributed by atoms with Gasteiger partial charge in [-0.1, -0.05) is 56.0 Å². The first-order valence-corrected chi connectivity index (χ1v) is 7.96. The summed E-state index contributed by atoms with van der Waals surface area (Å²) in [6.45, 7) is 0.968. The number of nitrogens with zero attached hydrogens (tertiary/aromatic N) is 2. The van der Waals surface area contributed by atoms with Crippen molar-refractivity contribution < 1.29 is 0 Å². The van der Waals surface area contributed by atoms with Crippen molar-refractivity contribution in [2.45, 2.75) is 45.1 Å². The second-order valence-corrected chi connectivity index (χ2v) is 6.05. The summed E-state index contributed by atoms with van der Waals surface area (Å²) in [5.41, 5.74) is 1.13. The Kier molecular flexibility index (Phi) is 4.31. The summed E-state index contributed by atoms with van der Waals surface area (Å²) in [6.07, 6.45) is 8.19. The van der Waals surface area contributed by atoms with E-state index in [1.807, 2.05) is 18.2 Å². The Balaban J connectivity index is 1.69. The predicted octanol–water partition coefficient (Wildman–Crippen LogP) is 4.58. The second kappa shape index (κ2) is 6.35. The molecule has 1 aliphatic rings. The van der Waals surface area contributed by atoms with E-state index in [2.05, 4.69) is 26.9 Å². The third kappa shape index (κ3) is 3.01. The summed E-state index contributed by atoms with van der Waals surface area (Å²) in [5, 5.41) is 7.31. The average Bonchev–Trinajstić information content (AvgIpc) is 3.11. The molecule has 2 aromatic rings. The lowest BCUT2D eigenvalue weighted by molar-refractivity contribution is 0.458. The molecule has 1 saturated carbocycles. The Labute approximate surface area is 125 Å². The maximum absolute atomic E-state index is 5.37. The molecule has 0 radical (unpaired) electrons. The predicted molar refractivity (Wildman–Crippen MR) is 84.0 cm³/mol. The number of nitrogens with one attached hydrogen (secondary N) is 1. The average molecular weight is 287 g/mol. The molecule has 1 fully saturated rings. The van der Waals surface area contributed by atoms with Crippen LogP contribution in [0, 0.1) is 10.7 Å². The fourth-order valence-electron chi connectivity index (χ4n) is 3.17. The highest BCUT2D eigenvalue weighted by atomic mass is 32.1. The monoisotopic (exact) mass is 287 g/mol. The van der Waals surface area contributed by atoms with Gasteiger partial charge in [0.05, 0.1) is 0 Å². The van der Waals surface area contributed by atoms with Gasteiger partial charge in [-0.3, -0.25) is 5.10 Å². The maximum Gasteiger partial charge on any atom is 0.195 e. The van der Waals surface area contributed by atoms with Crippen molar-refractivity contribution >= 4 is 12.2 Å². The molecular weight excluding hydrogens is 266 g/mol. The lowest BCUT2D eigenvalue weighted by Crippen LogP contribution is -2.03. The summed E-state index contributed by atoms with van der Waals surface area (Å²) < 4.78 is 2.87. The molecule has 20 heavy (non-hydrogen) atoms. The first-order valence-electron chi connectivity index (χ1n) is 7.55. The molecule has 0 atom stereocenters. The van der Waals surface area contributed by atoms with Gasteiger partial charge in [0.2, 0.25) is 0 Å². The van der Waals surface area contributed by atoms with Gasteiger partial charge in [0.15, 0.2) is 10.6 Å². The smallest absolute Gasteiger partial charge is 0.195 e. The largest absolute Gasteiger partial charge is 0.300 e. The Bertz CT molecular complexity index is 594. The van der Waals surface area contributed by atoms with Crippen LogP contribution < -0.4 is 0 Å². The van der Waals surface area contributed by atoms with Crippen LogP contribution in [0.1, 0.15) is 38.5 Å². The minimum Gasteiger partial charge on any atom is -0.300 e. The fourth-order valence-corrected chi connectivity index (χ4v) is 3.39. The molecule has 1 N–H and O–H groups in total. The number of H-pyrrole nitrogens is 1. The van der Waals surface area contributed by atoms with Gasteiger partial charge in [-0.05, 0) is 31.0 Å². The van der Waals surface area contributed by atoms with E-state index in [0.29, 0.717) is 0 Å². The molecule has 106 valence electrons. The molecule has 0 aliphatic heterocycles. The number of benzene rings is 1. The Hall–Kier alpha value is -1.42. The first kappa shape index (κ1) is 13.6. The molecule has 0 unspecified atom stereocenters. The van der Waals surface area contributed by atoms with E-state index in [1.165, 1.54) is 38.5 Å². The van der Waals surface area contributed by atoms with Crippen molar-refractivity contribution in [3.8, 4) is 11.4 Å². The highest BCUT2D eigenvalue weighted by Gasteiger charge is 2.15. The van der Waals surface area contributed by atoms with Gasteiger partial charge in [-0.15, -0.1) is 0 Å². The van der Waals surface area contributed by atoms with Crippen molar-refractivity contribution in [3.05, 3.63) is 35.1 Å². The number of rotatable bonds is 5. The van der Waals surface area contributed by atoms with Gasteiger partial charge in [-0.2, -0.15) is 5.10 Å². The van der Waals surface area contributed by atoms with E-state index in [1.54, 1.807) is 0 Å². The van der Waals surface area contributed by atoms with Crippen molar-refractivity contribution in [1.82, 2.24) is 14.8 Å². The van der Waals surface area contributed by atoms with Gasteiger partial charge < -0.3 is 4.57 Å². The van der Waals surface area contributed by atoms with E-state index in [-0.39, 0.29) is 0 Å². The van der Waals surface area contributed by atoms with E-state index in [9.17, 15) is 0 Å². The van der Waals surface area contributed by atoms with Crippen molar-refractivity contribution in [2.24, 2.45) is 5.92 Å². The van der Waals surface area contributed by atoms with Crippen molar-refractivity contribution in [2.75, 3.05) is 0 Å². The normalized spacial score (nSPS) is 15.8. The van der Waals surface area contributed by atoms with E-state index in [0.717, 1.165) is 28.6 Å². The van der Waals surface area contributed by atoms with Crippen molar-refractivity contribution in [1.29, 1.82) is 0 Å². The first-order chi connectivity index (χ1) is 9.84. The Morgan fingerprint density at radius 3 is 2.70 bits per heavy atom. The van der Waals surface area contributed by atoms with Gasteiger partial charge in [0, 0.05) is 12.1 Å². The quantitative estimate of drug-likeness (QED) is 0.817. The number of hydrogen-bond donors (Lipinski definition) is 1. The van der Waals surface area contributed by atoms with Gasteiger partial charge >= 0.3 is 0 Å². The highest BCUT2D eigenvalue weighted by molar-refractivity contribution is 7.71. The SMILES string of the molecule is S=c1[nH]nc(-c2ccccc2)n1CCCC1CCCC1. The Morgan fingerprint density at radius 2 is 1.95 bits per heavy atom. The van der Waals surface area contributed by atoms with E-state index >= 15 is 0 Å². The summed E-state index contributed by atoms with van der Waals surface area (Å²) in [4.78, 5) is 0. The zero-order valence-corrected chi connectivity index (χ0v) is 12.5. The molecule has 1 aromatic heterocycles. The third-order valence-corrected chi connectivity index (χ3v) is 4.57. The summed E-state index contributed by atoms with van der Waals surface area (Å²) in [5.74, 6) is 1.90. The number of hydrogen-bond acceptors (Lipinski definition) is 2. The molecule has 3 nitrogen and oxygen atoms in total. The molecule has 0 saturated heterocycles. The van der Waals surface area contributed by atoms with Crippen LogP contribution in [-0.2, 0) is 6.54 Å². The molecular formula is C16H21N3S. The van der Waals surface area contributed by atoms with E-state index < -0.39 is 0 Å². The molecule has 0 spiro atoms.